The molecule has 0 bridgehead atoms. The molecular formula is C11H17N3O. The summed E-state index contributed by atoms with van der Waals surface area (Å²) in [5.41, 5.74) is 8.23. The lowest BCUT2D eigenvalue weighted by molar-refractivity contribution is 0.304. The molecule has 0 fully saturated rings. The van der Waals surface area contributed by atoms with Crippen LogP contribution in [0.15, 0.2) is 18.2 Å². The van der Waals surface area contributed by atoms with E-state index in [2.05, 4.69) is 0 Å². The molecule has 0 spiro atoms. The molecule has 0 unspecified atom stereocenters. The van der Waals surface area contributed by atoms with Crippen molar-refractivity contribution in [3.63, 3.8) is 0 Å². The zero-order valence-electron chi connectivity index (χ0n) is 9.12. The van der Waals surface area contributed by atoms with Crippen molar-refractivity contribution in [3.05, 3.63) is 29.3 Å². The van der Waals surface area contributed by atoms with Gasteiger partial charge in [0.25, 0.3) is 0 Å². The van der Waals surface area contributed by atoms with Crippen LogP contribution in [-0.4, -0.2) is 31.1 Å². The summed E-state index contributed by atoms with van der Waals surface area (Å²) in [6.45, 7) is 2.69. The number of anilines is 1. The number of likely N-dealkylation sites (N-methyl/N-ethyl adjacent to an activating group) is 1. The molecule has 4 heteroatoms. The summed E-state index contributed by atoms with van der Waals surface area (Å²) < 4.78 is 0. The Bertz CT molecular complexity index is 363. The third-order valence-corrected chi connectivity index (χ3v) is 2.35. The van der Waals surface area contributed by atoms with Gasteiger partial charge in [0.15, 0.2) is 0 Å². The second-order valence-corrected chi connectivity index (χ2v) is 3.56. The van der Waals surface area contributed by atoms with Crippen LogP contribution in [0.4, 0.5) is 5.69 Å². The van der Waals surface area contributed by atoms with Crippen molar-refractivity contribution < 1.29 is 5.11 Å². The standard InChI is InChI=1S/C11H17N3O/c1-8-7-9(11(12)13)3-4-10(8)14(2)5-6-15/h3-4,7,15H,5-6H2,1-2H3,(H3,12,13). The van der Waals surface area contributed by atoms with E-state index in [0.29, 0.717) is 6.54 Å². The number of hydrogen-bond donors (Lipinski definition) is 3. The summed E-state index contributed by atoms with van der Waals surface area (Å²) in [6.07, 6.45) is 0. The second kappa shape index (κ2) is 4.79. The number of nitrogens with two attached hydrogens (primary N) is 1. The molecule has 0 aliphatic heterocycles. The van der Waals surface area contributed by atoms with Crippen molar-refractivity contribution in [3.8, 4) is 0 Å². The maximum Gasteiger partial charge on any atom is 0.122 e. The summed E-state index contributed by atoms with van der Waals surface area (Å²) in [6, 6.07) is 5.62. The van der Waals surface area contributed by atoms with E-state index in [0.717, 1.165) is 16.8 Å². The van der Waals surface area contributed by atoms with E-state index in [4.69, 9.17) is 16.2 Å². The molecule has 1 rings (SSSR count). The maximum absolute atomic E-state index is 8.84. The highest BCUT2D eigenvalue weighted by atomic mass is 16.3. The van der Waals surface area contributed by atoms with Crippen LogP contribution < -0.4 is 10.6 Å². The third kappa shape index (κ3) is 2.70. The van der Waals surface area contributed by atoms with Gasteiger partial charge in [-0.1, -0.05) is 0 Å². The fourth-order valence-corrected chi connectivity index (χ4v) is 1.52. The van der Waals surface area contributed by atoms with Gasteiger partial charge in [0, 0.05) is 24.8 Å². The van der Waals surface area contributed by atoms with Gasteiger partial charge in [0.1, 0.15) is 5.84 Å². The lowest BCUT2D eigenvalue weighted by Gasteiger charge is -2.20. The summed E-state index contributed by atoms with van der Waals surface area (Å²) in [5.74, 6) is 0.0782. The number of aryl methyl sites for hydroxylation is 1. The van der Waals surface area contributed by atoms with E-state index in [-0.39, 0.29) is 12.4 Å². The molecule has 4 N–H and O–H groups in total. The molecule has 0 aliphatic rings. The van der Waals surface area contributed by atoms with Crippen molar-refractivity contribution in [2.24, 2.45) is 5.73 Å². The van der Waals surface area contributed by atoms with Crippen molar-refractivity contribution >= 4 is 11.5 Å². The summed E-state index contributed by atoms with van der Waals surface area (Å²) in [4.78, 5) is 1.97. The molecule has 0 aliphatic carbocycles. The molecule has 0 saturated heterocycles. The Balaban J connectivity index is 2.97. The Labute approximate surface area is 89.8 Å². The van der Waals surface area contributed by atoms with Crippen LogP contribution in [0.3, 0.4) is 0 Å². The largest absolute Gasteiger partial charge is 0.395 e. The topological polar surface area (TPSA) is 73.3 Å². The minimum atomic E-state index is 0.0782. The lowest BCUT2D eigenvalue weighted by atomic mass is 10.1. The van der Waals surface area contributed by atoms with E-state index in [1.165, 1.54) is 0 Å². The number of nitrogens with one attached hydrogen (secondary N) is 1. The monoisotopic (exact) mass is 207 g/mol. The van der Waals surface area contributed by atoms with Crippen LogP contribution in [0.1, 0.15) is 11.1 Å². The van der Waals surface area contributed by atoms with Gasteiger partial charge in [-0.2, -0.15) is 0 Å². The summed E-state index contributed by atoms with van der Waals surface area (Å²) in [7, 11) is 1.92. The minimum Gasteiger partial charge on any atom is -0.395 e. The first-order chi connectivity index (χ1) is 7.06. The van der Waals surface area contributed by atoms with E-state index < -0.39 is 0 Å². The van der Waals surface area contributed by atoms with Crippen LogP contribution in [0, 0.1) is 12.3 Å². The normalized spacial score (nSPS) is 10.1. The first-order valence-electron chi connectivity index (χ1n) is 4.83. The van der Waals surface area contributed by atoms with Gasteiger partial charge in [0.05, 0.1) is 6.61 Å². The van der Waals surface area contributed by atoms with Crippen LogP contribution in [0.25, 0.3) is 0 Å². The van der Waals surface area contributed by atoms with Gasteiger partial charge in [-0.3, -0.25) is 5.41 Å². The van der Waals surface area contributed by atoms with Crippen molar-refractivity contribution in [2.75, 3.05) is 25.1 Å². The Morgan fingerprint density at radius 3 is 2.67 bits per heavy atom. The first kappa shape index (κ1) is 11.5. The van der Waals surface area contributed by atoms with Gasteiger partial charge in [0.2, 0.25) is 0 Å². The summed E-state index contributed by atoms with van der Waals surface area (Å²) in [5, 5.41) is 16.2. The zero-order chi connectivity index (χ0) is 11.4. The molecular weight excluding hydrogens is 190 g/mol. The molecule has 1 aromatic rings. The van der Waals surface area contributed by atoms with Gasteiger partial charge in [-0.05, 0) is 30.7 Å². The zero-order valence-corrected chi connectivity index (χ0v) is 9.12. The number of rotatable bonds is 4. The molecule has 0 heterocycles. The highest BCUT2D eigenvalue weighted by Gasteiger charge is 2.05. The Hall–Kier alpha value is -1.55. The van der Waals surface area contributed by atoms with Crippen LogP contribution >= 0.6 is 0 Å². The predicted octanol–water partition coefficient (Wildman–Crippen LogP) is 0.708. The molecule has 15 heavy (non-hydrogen) atoms. The van der Waals surface area contributed by atoms with E-state index in [1.54, 1.807) is 0 Å². The Morgan fingerprint density at radius 1 is 1.53 bits per heavy atom. The van der Waals surface area contributed by atoms with Crippen LogP contribution in [0.5, 0.6) is 0 Å². The molecule has 1 aromatic carbocycles. The van der Waals surface area contributed by atoms with E-state index >= 15 is 0 Å². The summed E-state index contributed by atoms with van der Waals surface area (Å²) >= 11 is 0. The molecule has 0 atom stereocenters. The molecule has 0 saturated carbocycles. The molecule has 0 radical (unpaired) electrons. The number of nitrogen functional groups attached to an aromatic ring is 1. The smallest absolute Gasteiger partial charge is 0.122 e. The average Bonchev–Trinajstić information content (AvgIpc) is 2.17. The van der Waals surface area contributed by atoms with Gasteiger partial charge >= 0.3 is 0 Å². The maximum atomic E-state index is 8.84. The van der Waals surface area contributed by atoms with E-state index in [1.807, 2.05) is 37.1 Å². The van der Waals surface area contributed by atoms with Crippen LogP contribution in [0.2, 0.25) is 0 Å². The minimum absolute atomic E-state index is 0.0782. The number of aliphatic hydroxyl groups excluding tert-OH is 1. The third-order valence-electron chi connectivity index (χ3n) is 2.35. The van der Waals surface area contributed by atoms with Gasteiger partial charge < -0.3 is 15.7 Å². The number of nitrogens with zero attached hydrogens (tertiary/aromatic N) is 1. The molecule has 82 valence electrons. The quantitative estimate of drug-likeness (QED) is 0.503. The average molecular weight is 207 g/mol. The second-order valence-electron chi connectivity index (χ2n) is 3.56. The number of amidine groups is 1. The molecule has 0 amide bonds. The SMILES string of the molecule is Cc1cc(C(=N)N)ccc1N(C)CCO. The van der Waals surface area contributed by atoms with Crippen LogP contribution in [-0.2, 0) is 0 Å². The fraction of sp³-hybridized carbons (Fsp3) is 0.364. The van der Waals surface area contributed by atoms with Crippen molar-refractivity contribution in [1.29, 1.82) is 5.41 Å². The Kier molecular flexibility index (Phi) is 3.68. The van der Waals surface area contributed by atoms with Gasteiger partial charge in [-0.25, -0.2) is 0 Å². The Morgan fingerprint density at radius 2 is 2.20 bits per heavy atom. The number of hydrogen-bond acceptors (Lipinski definition) is 3. The number of benzene rings is 1. The molecule has 4 nitrogen and oxygen atoms in total. The highest BCUT2D eigenvalue weighted by Crippen LogP contribution is 2.19. The van der Waals surface area contributed by atoms with Crippen molar-refractivity contribution in [1.82, 2.24) is 0 Å². The fourth-order valence-electron chi connectivity index (χ4n) is 1.52. The first-order valence-corrected chi connectivity index (χ1v) is 4.83. The van der Waals surface area contributed by atoms with E-state index in [9.17, 15) is 0 Å². The predicted molar refractivity (Wildman–Crippen MR) is 62.6 cm³/mol. The van der Waals surface area contributed by atoms with Crippen molar-refractivity contribution in [2.45, 2.75) is 6.92 Å². The van der Waals surface area contributed by atoms with Gasteiger partial charge in [-0.15, -0.1) is 0 Å². The lowest BCUT2D eigenvalue weighted by Crippen LogP contribution is -2.22. The number of aliphatic hydroxyl groups is 1. The highest BCUT2D eigenvalue weighted by molar-refractivity contribution is 5.95. The molecule has 0 aromatic heterocycles.